The Morgan fingerprint density at radius 3 is 2.39 bits per heavy atom. The summed E-state index contributed by atoms with van der Waals surface area (Å²) in [5.41, 5.74) is 0.582. The summed E-state index contributed by atoms with van der Waals surface area (Å²) in [5.74, 6) is -1.07. The fourth-order valence-corrected chi connectivity index (χ4v) is 2.21. The first-order chi connectivity index (χ1) is 8.45. The standard InChI is InChI=1S/C11H13NO5S/c13-8-7-12-18(16,17)10-4-1-9(2-5-10)3-6-11(14)15/h1-6,12-13H,7-8H2,(H,14,15)/b6-3-. The minimum atomic E-state index is -3.62. The Hall–Kier alpha value is -1.70. The second-order valence-electron chi connectivity index (χ2n) is 3.36. The number of carboxylic acids is 1. The minimum Gasteiger partial charge on any atom is -0.478 e. The number of hydrogen-bond acceptors (Lipinski definition) is 4. The molecule has 0 aromatic heterocycles. The van der Waals surface area contributed by atoms with Gasteiger partial charge in [0.2, 0.25) is 10.0 Å². The molecule has 0 bridgehead atoms. The molecule has 1 aromatic rings. The van der Waals surface area contributed by atoms with Crippen molar-refractivity contribution >= 4 is 22.1 Å². The van der Waals surface area contributed by atoms with Gasteiger partial charge >= 0.3 is 5.97 Å². The van der Waals surface area contributed by atoms with Crippen LogP contribution in [0.25, 0.3) is 6.08 Å². The third-order valence-corrected chi connectivity index (χ3v) is 3.49. The van der Waals surface area contributed by atoms with Crippen molar-refractivity contribution in [2.24, 2.45) is 0 Å². The molecule has 0 saturated carbocycles. The van der Waals surface area contributed by atoms with E-state index in [4.69, 9.17) is 10.2 Å². The van der Waals surface area contributed by atoms with Gasteiger partial charge < -0.3 is 10.2 Å². The lowest BCUT2D eigenvalue weighted by Gasteiger charge is -2.05. The maximum atomic E-state index is 11.6. The highest BCUT2D eigenvalue weighted by Gasteiger charge is 2.12. The van der Waals surface area contributed by atoms with E-state index in [1.165, 1.54) is 30.3 Å². The Labute approximate surface area is 105 Å². The molecule has 6 nitrogen and oxygen atoms in total. The van der Waals surface area contributed by atoms with Gasteiger partial charge in [0, 0.05) is 12.6 Å². The van der Waals surface area contributed by atoms with Crippen molar-refractivity contribution < 1.29 is 23.4 Å². The molecule has 0 unspecified atom stereocenters. The van der Waals surface area contributed by atoms with E-state index in [2.05, 4.69) is 4.72 Å². The van der Waals surface area contributed by atoms with E-state index in [9.17, 15) is 13.2 Å². The molecule has 1 aromatic carbocycles. The van der Waals surface area contributed by atoms with Gasteiger partial charge in [-0.3, -0.25) is 0 Å². The van der Waals surface area contributed by atoms with E-state index in [1.54, 1.807) is 0 Å². The molecule has 98 valence electrons. The van der Waals surface area contributed by atoms with E-state index < -0.39 is 16.0 Å². The van der Waals surface area contributed by atoms with Gasteiger partial charge in [0.25, 0.3) is 0 Å². The van der Waals surface area contributed by atoms with Crippen LogP contribution in [-0.4, -0.2) is 37.8 Å². The highest BCUT2D eigenvalue weighted by Crippen LogP contribution is 2.11. The van der Waals surface area contributed by atoms with E-state index in [0.29, 0.717) is 5.56 Å². The first kappa shape index (κ1) is 14.4. The van der Waals surface area contributed by atoms with Crippen LogP contribution >= 0.6 is 0 Å². The molecule has 0 atom stereocenters. The fraction of sp³-hybridized carbons (Fsp3) is 0.182. The Balaban J connectivity index is 2.86. The van der Waals surface area contributed by atoms with Crippen LogP contribution in [0.3, 0.4) is 0 Å². The average molecular weight is 271 g/mol. The van der Waals surface area contributed by atoms with Gasteiger partial charge in [0.15, 0.2) is 0 Å². The second-order valence-corrected chi connectivity index (χ2v) is 5.13. The van der Waals surface area contributed by atoms with Gasteiger partial charge in [-0.2, -0.15) is 0 Å². The number of hydrogen-bond donors (Lipinski definition) is 3. The molecule has 0 fully saturated rings. The molecule has 1 rings (SSSR count). The lowest BCUT2D eigenvalue weighted by atomic mass is 10.2. The van der Waals surface area contributed by atoms with Crippen molar-refractivity contribution in [3.8, 4) is 0 Å². The van der Waals surface area contributed by atoms with Gasteiger partial charge in [-0.15, -0.1) is 0 Å². The Bertz CT molecular complexity index is 533. The van der Waals surface area contributed by atoms with Gasteiger partial charge in [-0.25, -0.2) is 17.9 Å². The molecule has 0 heterocycles. The van der Waals surface area contributed by atoms with Gasteiger partial charge in [-0.1, -0.05) is 12.1 Å². The van der Waals surface area contributed by atoms with Crippen LogP contribution in [0, 0.1) is 0 Å². The highest BCUT2D eigenvalue weighted by atomic mass is 32.2. The number of aliphatic carboxylic acids is 1. The average Bonchev–Trinajstić information content (AvgIpc) is 2.34. The maximum absolute atomic E-state index is 11.6. The van der Waals surface area contributed by atoms with Crippen LogP contribution in [0.15, 0.2) is 35.2 Å². The van der Waals surface area contributed by atoms with Crippen LogP contribution in [-0.2, 0) is 14.8 Å². The highest BCUT2D eigenvalue weighted by molar-refractivity contribution is 7.89. The van der Waals surface area contributed by atoms with Crippen molar-refractivity contribution in [1.29, 1.82) is 0 Å². The normalized spacial score (nSPS) is 11.8. The van der Waals surface area contributed by atoms with E-state index in [1.807, 2.05) is 0 Å². The Kier molecular flexibility index (Phi) is 5.02. The maximum Gasteiger partial charge on any atom is 0.328 e. The smallest absolute Gasteiger partial charge is 0.328 e. The minimum absolute atomic E-state index is 0.0526. The van der Waals surface area contributed by atoms with Crippen molar-refractivity contribution in [2.45, 2.75) is 4.90 Å². The summed E-state index contributed by atoms with van der Waals surface area (Å²) in [4.78, 5) is 10.4. The van der Waals surface area contributed by atoms with Crippen molar-refractivity contribution in [3.05, 3.63) is 35.9 Å². The van der Waals surface area contributed by atoms with Crippen LogP contribution in [0.4, 0.5) is 0 Å². The third kappa shape index (κ3) is 4.28. The SMILES string of the molecule is O=C(O)/C=C\c1ccc(S(=O)(=O)NCCO)cc1. The number of carbonyl (C=O) groups is 1. The molecule has 0 amide bonds. The summed E-state index contributed by atoms with van der Waals surface area (Å²) in [6.45, 7) is -0.332. The molecule has 0 aliphatic rings. The Morgan fingerprint density at radius 2 is 1.89 bits per heavy atom. The van der Waals surface area contributed by atoms with E-state index >= 15 is 0 Å². The Morgan fingerprint density at radius 1 is 1.28 bits per heavy atom. The number of sulfonamides is 1. The predicted octanol–water partition coefficient (Wildman–Crippen LogP) is 0.0550. The van der Waals surface area contributed by atoms with Crippen molar-refractivity contribution in [2.75, 3.05) is 13.2 Å². The van der Waals surface area contributed by atoms with Crippen LogP contribution in [0.2, 0.25) is 0 Å². The molecule has 3 N–H and O–H groups in total. The molecule has 0 radical (unpaired) electrons. The third-order valence-electron chi connectivity index (χ3n) is 2.01. The zero-order valence-electron chi connectivity index (χ0n) is 9.41. The molecule has 0 aliphatic heterocycles. The first-order valence-corrected chi connectivity index (χ1v) is 6.55. The largest absolute Gasteiger partial charge is 0.478 e. The van der Waals surface area contributed by atoms with E-state index in [-0.39, 0.29) is 18.0 Å². The van der Waals surface area contributed by atoms with Gasteiger partial charge in [-0.05, 0) is 23.8 Å². The van der Waals surface area contributed by atoms with Crippen molar-refractivity contribution in [1.82, 2.24) is 4.72 Å². The topological polar surface area (TPSA) is 104 Å². The quantitative estimate of drug-likeness (QED) is 0.634. The zero-order valence-corrected chi connectivity index (χ0v) is 10.2. The number of carboxylic acid groups (broad SMARTS) is 1. The number of rotatable bonds is 6. The summed E-state index contributed by atoms with van der Waals surface area (Å²) >= 11 is 0. The summed E-state index contributed by atoms with van der Waals surface area (Å²) in [5, 5.41) is 17.0. The second kappa shape index (κ2) is 6.29. The van der Waals surface area contributed by atoms with Gasteiger partial charge in [0.05, 0.1) is 11.5 Å². The number of benzene rings is 1. The molecule has 18 heavy (non-hydrogen) atoms. The lowest BCUT2D eigenvalue weighted by molar-refractivity contribution is -0.131. The van der Waals surface area contributed by atoms with E-state index in [0.717, 1.165) is 6.08 Å². The number of nitrogens with one attached hydrogen (secondary N) is 1. The van der Waals surface area contributed by atoms with Crippen LogP contribution in [0.1, 0.15) is 5.56 Å². The summed E-state index contributed by atoms with van der Waals surface area (Å²) in [6.07, 6.45) is 2.33. The summed E-state index contributed by atoms with van der Waals surface area (Å²) in [7, 11) is -3.62. The summed E-state index contributed by atoms with van der Waals surface area (Å²) in [6, 6.07) is 5.71. The molecule has 0 saturated heterocycles. The van der Waals surface area contributed by atoms with Crippen molar-refractivity contribution in [3.63, 3.8) is 0 Å². The molecule has 0 aliphatic carbocycles. The molecular formula is C11H13NO5S. The number of aliphatic hydroxyl groups is 1. The molecular weight excluding hydrogens is 258 g/mol. The molecule has 7 heteroatoms. The monoisotopic (exact) mass is 271 g/mol. The zero-order chi connectivity index (χ0) is 13.6. The number of aliphatic hydroxyl groups excluding tert-OH is 1. The summed E-state index contributed by atoms with van der Waals surface area (Å²) < 4.78 is 25.5. The molecule has 0 spiro atoms. The fourth-order valence-electron chi connectivity index (χ4n) is 1.19. The first-order valence-electron chi connectivity index (χ1n) is 5.07. The lowest BCUT2D eigenvalue weighted by Crippen LogP contribution is -2.26. The van der Waals surface area contributed by atoms with Gasteiger partial charge in [0.1, 0.15) is 0 Å². The van der Waals surface area contributed by atoms with Crippen LogP contribution in [0.5, 0.6) is 0 Å². The van der Waals surface area contributed by atoms with Crippen LogP contribution < -0.4 is 4.72 Å². The predicted molar refractivity (Wildman–Crippen MR) is 65.4 cm³/mol.